The van der Waals surface area contributed by atoms with Crippen molar-refractivity contribution in [3.05, 3.63) is 66.7 Å². The Morgan fingerprint density at radius 3 is 2.43 bits per heavy atom. The summed E-state index contributed by atoms with van der Waals surface area (Å²) in [4.78, 5) is 12.7. The van der Waals surface area contributed by atoms with E-state index in [4.69, 9.17) is 4.74 Å². The summed E-state index contributed by atoms with van der Waals surface area (Å²) in [5, 5.41) is 4.70. The van der Waals surface area contributed by atoms with Gasteiger partial charge in [0.1, 0.15) is 12.3 Å². The zero-order chi connectivity index (χ0) is 20.1. The van der Waals surface area contributed by atoms with Crippen LogP contribution in [0.3, 0.4) is 0 Å². The molecule has 3 rings (SSSR count). The number of sulfonamides is 1. The normalized spacial score (nSPS) is 11.2. The van der Waals surface area contributed by atoms with Crippen LogP contribution in [0.1, 0.15) is 6.92 Å². The second-order valence-electron chi connectivity index (χ2n) is 6.25. The van der Waals surface area contributed by atoms with Crippen LogP contribution >= 0.6 is 0 Å². The number of rotatable bonds is 7. The van der Waals surface area contributed by atoms with Gasteiger partial charge in [-0.3, -0.25) is 9.10 Å². The molecule has 0 saturated carbocycles. The topological polar surface area (TPSA) is 75.7 Å². The van der Waals surface area contributed by atoms with Crippen molar-refractivity contribution < 1.29 is 17.9 Å². The highest BCUT2D eigenvalue weighted by molar-refractivity contribution is 7.92. The molecular weight excluding hydrogens is 376 g/mol. The van der Waals surface area contributed by atoms with E-state index >= 15 is 0 Å². The molecule has 0 bridgehead atoms. The van der Waals surface area contributed by atoms with Gasteiger partial charge in [0.2, 0.25) is 15.9 Å². The highest BCUT2D eigenvalue weighted by atomic mass is 32.2. The first kappa shape index (κ1) is 19.7. The van der Waals surface area contributed by atoms with Crippen molar-refractivity contribution in [3.63, 3.8) is 0 Å². The van der Waals surface area contributed by atoms with Crippen LogP contribution in [0.25, 0.3) is 10.8 Å². The number of hydrogen-bond acceptors (Lipinski definition) is 4. The third kappa shape index (κ3) is 4.43. The van der Waals surface area contributed by atoms with Crippen molar-refractivity contribution in [2.24, 2.45) is 0 Å². The van der Waals surface area contributed by atoms with Crippen molar-refractivity contribution in [1.82, 2.24) is 0 Å². The Kier molecular flexibility index (Phi) is 5.84. The minimum atomic E-state index is -3.70. The molecule has 0 aliphatic rings. The molecule has 0 atom stereocenters. The molecule has 0 heterocycles. The smallest absolute Gasteiger partial charge is 0.245 e. The molecule has 0 saturated heterocycles. The summed E-state index contributed by atoms with van der Waals surface area (Å²) in [6.07, 6.45) is 1.07. The first-order chi connectivity index (χ1) is 13.4. The largest absolute Gasteiger partial charge is 0.492 e. The van der Waals surface area contributed by atoms with E-state index in [0.717, 1.165) is 21.3 Å². The van der Waals surface area contributed by atoms with E-state index in [9.17, 15) is 13.2 Å². The number of nitrogens with one attached hydrogen (secondary N) is 1. The SMILES string of the molecule is CCOc1ccccc1N(CC(=O)Nc1cccc2ccccc12)S(C)(=O)=O. The summed E-state index contributed by atoms with van der Waals surface area (Å²) in [5.74, 6) is -0.0264. The number of anilines is 2. The maximum atomic E-state index is 12.7. The zero-order valence-electron chi connectivity index (χ0n) is 15.8. The summed E-state index contributed by atoms with van der Waals surface area (Å²) in [5.41, 5.74) is 0.967. The van der Waals surface area contributed by atoms with Gasteiger partial charge in [-0.05, 0) is 30.5 Å². The lowest BCUT2D eigenvalue weighted by Crippen LogP contribution is -2.37. The maximum Gasteiger partial charge on any atom is 0.245 e. The van der Waals surface area contributed by atoms with Gasteiger partial charge in [0.15, 0.2) is 0 Å². The van der Waals surface area contributed by atoms with Crippen LogP contribution in [-0.4, -0.2) is 33.7 Å². The molecule has 3 aromatic carbocycles. The van der Waals surface area contributed by atoms with Crippen molar-refractivity contribution in [2.75, 3.05) is 29.0 Å². The predicted octanol–water partition coefficient (Wildman–Crippen LogP) is 3.64. The number of carbonyl (C=O) groups is 1. The molecule has 0 aromatic heterocycles. The highest BCUT2D eigenvalue weighted by Crippen LogP contribution is 2.30. The second-order valence-corrected chi connectivity index (χ2v) is 8.15. The van der Waals surface area contributed by atoms with E-state index in [2.05, 4.69) is 5.32 Å². The molecule has 7 heteroatoms. The fourth-order valence-corrected chi connectivity index (χ4v) is 3.84. The number of amides is 1. The number of carbonyl (C=O) groups excluding carboxylic acids is 1. The number of para-hydroxylation sites is 2. The van der Waals surface area contributed by atoms with Gasteiger partial charge in [0, 0.05) is 11.1 Å². The number of ether oxygens (including phenoxy) is 1. The van der Waals surface area contributed by atoms with Crippen LogP contribution < -0.4 is 14.4 Å². The van der Waals surface area contributed by atoms with E-state index in [0.29, 0.717) is 23.7 Å². The molecule has 3 aromatic rings. The first-order valence-corrected chi connectivity index (χ1v) is 10.7. The Morgan fingerprint density at radius 2 is 1.68 bits per heavy atom. The Labute approximate surface area is 164 Å². The molecule has 0 unspecified atom stereocenters. The van der Waals surface area contributed by atoms with Gasteiger partial charge >= 0.3 is 0 Å². The maximum absolute atomic E-state index is 12.7. The van der Waals surface area contributed by atoms with Crippen molar-refractivity contribution in [2.45, 2.75) is 6.92 Å². The lowest BCUT2D eigenvalue weighted by atomic mass is 10.1. The Balaban J connectivity index is 1.89. The van der Waals surface area contributed by atoms with E-state index in [-0.39, 0.29) is 6.54 Å². The van der Waals surface area contributed by atoms with Gasteiger partial charge in [-0.2, -0.15) is 0 Å². The van der Waals surface area contributed by atoms with Crippen LogP contribution in [0.2, 0.25) is 0 Å². The highest BCUT2D eigenvalue weighted by Gasteiger charge is 2.24. The van der Waals surface area contributed by atoms with Crippen molar-refractivity contribution >= 4 is 38.1 Å². The van der Waals surface area contributed by atoms with Gasteiger partial charge in [0.25, 0.3) is 0 Å². The first-order valence-electron chi connectivity index (χ1n) is 8.87. The third-order valence-corrected chi connectivity index (χ3v) is 5.31. The van der Waals surface area contributed by atoms with Crippen LogP contribution in [0, 0.1) is 0 Å². The van der Waals surface area contributed by atoms with Crippen LogP contribution in [0.4, 0.5) is 11.4 Å². The van der Waals surface area contributed by atoms with Crippen LogP contribution in [0.5, 0.6) is 5.75 Å². The Morgan fingerprint density at radius 1 is 1.00 bits per heavy atom. The molecule has 0 spiro atoms. The van der Waals surface area contributed by atoms with Crippen LogP contribution in [0.15, 0.2) is 66.7 Å². The molecular formula is C21H22N2O4S. The van der Waals surface area contributed by atoms with Crippen LogP contribution in [-0.2, 0) is 14.8 Å². The minimum Gasteiger partial charge on any atom is -0.492 e. The minimum absolute atomic E-state index is 0.333. The summed E-state index contributed by atoms with van der Waals surface area (Å²) < 4.78 is 31.3. The molecule has 28 heavy (non-hydrogen) atoms. The van der Waals surface area contributed by atoms with Gasteiger partial charge in [-0.1, -0.05) is 48.5 Å². The number of benzene rings is 3. The molecule has 6 nitrogen and oxygen atoms in total. The van der Waals surface area contributed by atoms with E-state index < -0.39 is 15.9 Å². The number of nitrogens with zero attached hydrogens (tertiary/aromatic N) is 1. The molecule has 1 amide bonds. The molecule has 1 N–H and O–H groups in total. The van der Waals surface area contributed by atoms with E-state index in [1.807, 2.05) is 43.3 Å². The average molecular weight is 398 g/mol. The Bertz CT molecular complexity index is 1090. The number of fused-ring (bicyclic) bond motifs is 1. The summed E-state index contributed by atoms with van der Waals surface area (Å²) in [6.45, 7) is 1.84. The molecule has 0 fully saturated rings. The van der Waals surface area contributed by atoms with Gasteiger partial charge < -0.3 is 10.1 Å². The zero-order valence-corrected chi connectivity index (χ0v) is 16.6. The standard InChI is InChI=1S/C21H22N2O4S/c1-3-27-20-14-7-6-13-19(20)23(28(2,25)26)15-21(24)22-18-12-8-10-16-9-4-5-11-17(16)18/h4-14H,3,15H2,1-2H3,(H,22,24). The fourth-order valence-electron chi connectivity index (χ4n) is 2.98. The van der Waals surface area contributed by atoms with E-state index in [1.54, 1.807) is 30.3 Å². The lowest BCUT2D eigenvalue weighted by Gasteiger charge is -2.24. The summed E-state index contributed by atoms with van der Waals surface area (Å²) >= 11 is 0. The monoisotopic (exact) mass is 398 g/mol. The summed E-state index contributed by atoms with van der Waals surface area (Å²) in [7, 11) is -3.70. The molecule has 146 valence electrons. The average Bonchev–Trinajstić information content (AvgIpc) is 2.66. The molecule has 0 aliphatic heterocycles. The quantitative estimate of drug-likeness (QED) is 0.659. The Hall–Kier alpha value is -3.06. The number of hydrogen-bond donors (Lipinski definition) is 1. The molecule has 0 aliphatic carbocycles. The van der Waals surface area contributed by atoms with Crippen molar-refractivity contribution in [3.8, 4) is 5.75 Å². The third-order valence-electron chi connectivity index (χ3n) is 4.19. The van der Waals surface area contributed by atoms with Gasteiger partial charge in [0.05, 0.1) is 18.6 Å². The fraction of sp³-hybridized carbons (Fsp3) is 0.190. The van der Waals surface area contributed by atoms with Gasteiger partial charge in [-0.15, -0.1) is 0 Å². The van der Waals surface area contributed by atoms with Gasteiger partial charge in [-0.25, -0.2) is 8.42 Å². The lowest BCUT2D eigenvalue weighted by molar-refractivity contribution is -0.114. The second kappa shape index (κ2) is 8.31. The van der Waals surface area contributed by atoms with E-state index in [1.165, 1.54) is 0 Å². The predicted molar refractivity (Wildman–Crippen MR) is 112 cm³/mol. The van der Waals surface area contributed by atoms with Crippen molar-refractivity contribution in [1.29, 1.82) is 0 Å². The summed E-state index contributed by atoms with van der Waals surface area (Å²) in [6, 6.07) is 20.0. The molecule has 0 radical (unpaired) electrons.